The molecule has 10 aromatic rings. The van der Waals surface area contributed by atoms with Gasteiger partial charge in [0, 0.05) is 138 Å². The summed E-state index contributed by atoms with van der Waals surface area (Å²) in [4.78, 5) is 53.0. The number of nitrogens with zero attached hydrogens (tertiary/aromatic N) is 14. The molecule has 12 rings (SSSR count). The summed E-state index contributed by atoms with van der Waals surface area (Å²) in [6.45, 7) is 13.5. The number of morpholine rings is 2. The Balaban J connectivity index is 0.000000166. The molecule has 0 saturated carbocycles. The van der Waals surface area contributed by atoms with Crippen LogP contribution in [-0.4, -0.2) is 162 Å². The summed E-state index contributed by atoms with van der Waals surface area (Å²) in [6.07, 6.45) is 10.7. The minimum atomic E-state index is -1.06. The number of ether oxygens (including phenoxy) is 3. The van der Waals surface area contributed by atoms with E-state index >= 15 is 0 Å². The lowest BCUT2D eigenvalue weighted by Gasteiger charge is -2.26. The number of anilines is 2. The highest BCUT2D eigenvalue weighted by Gasteiger charge is 2.25. The van der Waals surface area contributed by atoms with Crippen LogP contribution < -0.4 is 9.80 Å². The molecule has 8 aromatic heterocycles. The molecule has 10 heterocycles. The first-order valence-electron chi connectivity index (χ1n) is 26.4. The maximum absolute atomic E-state index is 12.8. The van der Waals surface area contributed by atoms with Gasteiger partial charge >= 0.3 is 11.9 Å². The van der Waals surface area contributed by atoms with Gasteiger partial charge in [0.05, 0.1) is 56.8 Å². The molecule has 0 amide bonds. The van der Waals surface area contributed by atoms with Crippen molar-refractivity contribution in [2.24, 2.45) is 0 Å². The fraction of sp³-hybridized carbons (Fsp3) is 0.310. The lowest BCUT2D eigenvalue weighted by atomic mass is 10.1. The smallest absolute Gasteiger partial charge is 0.343 e. The molecule has 2 aliphatic rings. The molecule has 78 heavy (non-hydrogen) atoms. The maximum Gasteiger partial charge on any atom is 0.343 e. The average molecular weight is 1050 g/mol. The number of aromatic carboxylic acids is 1. The molecule has 2 fully saturated rings. The van der Waals surface area contributed by atoms with E-state index < -0.39 is 11.9 Å². The Kier molecular flexibility index (Phi) is 15.4. The number of carboxylic acid groups (broad SMARTS) is 1. The van der Waals surface area contributed by atoms with Crippen LogP contribution in [0.5, 0.6) is 0 Å². The zero-order chi connectivity index (χ0) is 53.5. The molecule has 2 aromatic carbocycles. The van der Waals surface area contributed by atoms with Gasteiger partial charge in [-0.1, -0.05) is 60.7 Å². The van der Waals surface area contributed by atoms with E-state index in [1.54, 1.807) is 22.2 Å². The first-order valence-corrected chi connectivity index (χ1v) is 26.4. The van der Waals surface area contributed by atoms with Crippen LogP contribution >= 0.6 is 0 Å². The van der Waals surface area contributed by atoms with Crippen molar-refractivity contribution in [1.29, 1.82) is 0 Å². The molecule has 2 aliphatic heterocycles. The van der Waals surface area contributed by atoms with E-state index in [4.69, 9.17) is 29.2 Å². The van der Waals surface area contributed by atoms with Crippen molar-refractivity contribution in [2.75, 3.05) is 96.2 Å². The van der Waals surface area contributed by atoms with Gasteiger partial charge in [-0.2, -0.15) is 19.2 Å². The largest absolute Gasteiger partial charge is 0.477 e. The lowest BCUT2D eigenvalue weighted by Crippen LogP contribution is -2.38. The molecule has 0 aliphatic carbocycles. The predicted molar refractivity (Wildman–Crippen MR) is 298 cm³/mol. The van der Waals surface area contributed by atoms with E-state index in [0.717, 1.165) is 140 Å². The van der Waals surface area contributed by atoms with E-state index in [1.807, 2.05) is 87.0 Å². The second-order valence-electron chi connectivity index (χ2n) is 19.4. The third-order valence-corrected chi connectivity index (χ3v) is 14.3. The molecule has 1 N–H and O–H groups in total. The lowest BCUT2D eigenvalue weighted by molar-refractivity contribution is 0.0365. The van der Waals surface area contributed by atoms with Crippen LogP contribution in [-0.2, 0) is 40.4 Å². The summed E-state index contributed by atoms with van der Waals surface area (Å²) in [5, 5.41) is 20.7. The SMILES string of the molecule is CCOC(=O)c1cnn2c(N(C)Cc3ccccc3)cc(-c3cn(CCN4CCOCC4)c4ncccc34)nc12.CN(Cc1ccccc1)c1cc(-c2cn(CCN3CCOCC3)c3ncccc23)nc2c(C(=O)O)cnn12. The van der Waals surface area contributed by atoms with Crippen molar-refractivity contribution in [3.8, 4) is 22.5 Å². The standard InChI is InChI=1S/C30H33N7O3.C28H29N7O3/c1-3-40-30(38)24-19-32-37-27(34(2)20-22-8-5-4-6-9-22)18-26(33-29(24)37)25-21-36(28-23(25)10-7-11-31-28)13-12-35-14-16-39-17-15-35;1-32(18-20-6-3-2-4-7-20)25-16-24(31-27-22(28(36)37)17-30-35(25)27)23-19-34(26-21(23)8-5-9-29-26)11-10-33-12-14-38-15-13-33/h4-11,18-19,21H,3,12-17,20H2,1-2H3;2-9,16-17,19H,10-15,18H2,1H3,(H,36,37). The Bertz CT molecular complexity index is 3690. The van der Waals surface area contributed by atoms with E-state index in [9.17, 15) is 14.7 Å². The van der Waals surface area contributed by atoms with Gasteiger partial charge in [0.2, 0.25) is 0 Å². The molecule has 0 bridgehead atoms. The van der Waals surface area contributed by atoms with Gasteiger partial charge in [-0.15, -0.1) is 0 Å². The van der Waals surface area contributed by atoms with Gasteiger partial charge in [-0.3, -0.25) is 9.80 Å². The molecule has 0 unspecified atom stereocenters. The number of aromatic nitrogens is 10. The van der Waals surface area contributed by atoms with Crippen LogP contribution in [0.4, 0.5) is 11.6 Å². The average Bonchev–Trinajstić information content (AvgIpc) is 4.34. The van der Waals surface area contributed by atoms with Gasteiger partial charge in [0.1, 0.15) is 34.1 Å². The summed E-state index contributed by atoms with van der Waals surface area (Å²) in [5.74, 6) is 0.0707. The Morgan fingerprint density at radius 1 is 0.590 bits per heavy atom. The van der Waals surface area contributed by atoms with Crippen molar-refractivity contribution < 1.29 is 28.9 Å². The first kappa shape index (κ1) is 51.5. The molecule has 400 valence electrons. The topological polar surface area (TPSA) is 191 Å². The highest BCUT2D eigenvalue weighted by molar-refractivity contribution is 5.99. The molecule has 20 heteroatoms. The fourth-order valence-electron chi connectivity index (χ4n) is 10.2. The third-order valence-electron chi connectivity index (χ3n) is 14.3. The highest BCUT2D eigenvalue weighted by Crippen LogP contribution is 2.34. The van der Waals surface area contributed by atoms with Gasteiger partial charge in [-0.25, -0.2) is 29.5 Å². The number of carbonyl (C=O) groups is 2. The van der Waals surface area contributed by atoms with E-state index in [-0.39, 0.29) is 12.2 Å². The molecule has 0 radical (unpaired) electrons. The van der Waals surface area contributed by atoms with E-state index in [1.165, 1.54) is 12.4 Å². The van der Waals surface area contributed by atoms with Crippen molar-refractivity contribution >= 4 is 56.9 Å². The second kappa shape index (κ2) is 23.4. The summed E-state index contributed by atoms with van der Waals surface area (Å²) in [7, 11) is 3.99. The molecule has 0 spiro atoms. The van der Waals surface area contributed by atoms with Crippen molar-refractivity contribution in [3.05, 3.63) is 156 Å². The number of carbonyl (C=O) groups excluding carboxylic acids is 1. The quantitative estimate of drug-likeness (QED) is 0.0893. The van der Waals surface area contributed by atoms with Crippen LogP contribution in [0.1, 0.15) is 38.8 Å². The van der Waals surface area contributed by atoms with Crippen LogP contribution in [0.25, 0.3) is 55.9 Å². The fourth-order valence-corrected chi connectivity index (χ4v) is 10.2. The third kappa shape index (κ3) is 11.0. The number of hydrogen-bond donors (Lipinski definition) is 1. The van der Waals surface area contributed by atoms with Gasteiger partial charge in [0.15, 0.2) is 11.3 Å². The van der Waals surface area contributed by atoms with Gasteiger partial charge in [-0.05, 0) is 42.3 Å². The number of carboxylic acids is 1. The van der Waals surface area contributed by atoms with Crippen molar-refractivity contribution in [2.45, 2.75) is 33.1 Å². The first-order chi connectivity index (χ1) is 38.2. The molecular weight excluding hydrogens is 989 g/mol. The minimum absolute atomic E-state index is 0.0652. The zero-order valence-corrected chi connectivity index (χ0v) is 44.1. The Labute approximate surface area is 450 Å². The molecule has 0 atom stereocenters. The number of esters is 1. The van der Waals surface area contributed by atoms with Crippen molar-refractivity contribution in [3.63, 3.8) is 0 Å². The monoisotopic (exact) mass is 1050 g/mol. The highest BCUT2D eigenvalue weighted by atomic mass is 16.5. The Hall–Kier alpha value is -8.56. The van der Waals surface area contributed by atoms with Crippen LogP contribution in [0.3, 0.4) is 0 Å². The number of benzene rings is 2. The second-order valence-corrected chi connectivity index (χ2v) is 19.4. The van der Waals surface area contributed by atoms with Crippen LogP contribution in [0.15, 0.2) is 134 Å². The molecule has 2 saturated heterocycles. The van der Waals surface area contributed by atoms with E-state index in [2.05, 4.69) is 86.6 Å². The van der Waals surface area contributed by atoms with Crippen LogP contribution in [0, 0.1) is 0 Å². The van der Waals surface area contributed by atoms with Crippen LogP contribution in [0.2, 0.25) is 0 Å². The Morgan fingerprint density at radius 3 is 1.49 bits per heavy atom. The Morgan fingerprint density at radius 2 is 1.04 bits per heavy atom. The number of fused-ring (bicyclic) bond motifs is 4. The normalized spacial score (nSPS) is 14.2. The number of rotatable bonds is 17. The van der Waals surface area contributed by atoms with Gasteiger partial charge in [0.25, 0.3) is 0 Å². The number of hydrogen-bond acceptors (Lipinski definition) is 15. The summed E-state index contributed by atoms with van der Waals surface area (Å²) in [6, 6.07) is 32.4. The molecule has 20 nitrogen and oxygen atoms in total. The number of pyridine rings is 2. The maximum atomic E-state index is 12.8. The molecular formula is C58H62N14O6. The zero-order valence-electron chi connectivity index (χ0n) is 44.1. The van der Waals surface area contributed by atoms with Crippen molar-refractivity contribution in [1.82, 2.24) is 58.1 Å². The van der Waals surface area contributed by atoms with Gasteiger partial charge < -0.3 is 38.3 Å². The van der Waals surface area contributed by atoms with E-state index in [0.29, 0.717) is 35.6 Å². The predicted octanol–water partition coefficient (Wildman–Crippen LogP) is 7.30. The summed E-state index contributed by atoms with van der Waals surface area (Å²) < 4.78 is 24.0. The minimum Gasteiger partial charge on any atom is -0.477 e. The summed E-state index contributed by atoms with van der Waals surface area (Å²) >= 11 is 0. The summed E-state index contributed by atoms with van der Waals surface area (Å²) in [5.41, 5.74) is 8.55.